The van der Waals surface area contributed by atoms with Gasteiger partial charge in [0.05, 0.1) is 22.2 Å². The third-order valence-electron chi connectivity index (χ3n) is 3.24. The molecule has 20 heavy (non-hydrogen) atoms. The Bertz CT molecular complexity index is 516. The van der Waals surface area contributed by atoms with E-state index in [1.807, 2.05) is 0 Å². The Balaban J connectivity index is 2.09. The maximum atomic E-state index is 12.2. The maximum Gasteiger partial charge on any atom is 0.322 e. The minimum absolute atomic E-state index is 0.0519. The Morgan fingerprint density at radius 3 is 2.60 bits per heavy atom. The molecule has 1 saturated heterocycles. The number of rotatable bonds is 3. The average molecular weight is 317 g/mol. The number of nitrogens with one attached hydrogen (secondary N) is 1. The molecular weight excluding hydrogens is 303 g/mol. The van der Waals surface area contributed by atoms with Gasteiger partial charge < -0.3 is 15.3 Å². The van der Waals surface area contributed by atoms with Gasteiger partial charge in [0.15, 0.2) is 0 Å². The van der Waals surface area contributed by atoms with Crippen LogP contribution in [0.25, 0.3) is 0 Å². The lowest BCUT2D eigenvalue weighted by atomic mass is 10.1. The number of hydrogen-bond donors (Lipinski definition) is 2. The first kappa shape index (κ1) is 14.9. The topological polar surface area (TPSA) is 69.6 Å². The van der Waals surface area contributed by atoms with Gasteiger partial charge in [0, 0.05) is 12.6 Å². The van der Waals surface area contributed by atoms with Crippen molar-refractivity contribution in [2.24, 2.45) is 0 Å². The summed E-state index contributed by atoms with van der Waals surface area (Å²) in [7, 11) is 0. The number of para-hydroxylation sites is 1. The number of halogens is 2. The minimum Gasteiger partial charge on any atom is -0.481 e. The van der Waals surface area contributed by atoms with Crippen LogP contribution in [0.1, 0.15) is 19.3 Å². The van der Waals surface area contributed by atoms with Crippen LogP contribution in [0.15, 0.2) is 18.2 Å². The number of likely N-dealkylation sites (tertiary alicyclic amines) is 1. The third-order valence-corrected chi connectivity index (χ3v) is 3.87. The molecule has 1 aromatic carbocycles. The van der Waals surface area contributed by atoms with Crippen molar-refractivity contribution in [3.63, 3.8) is 0 Å². The molecule has 7 heteroatoms. The number of carboxylic acid groups (broad SMARTS) is 1. The fourth-order valence-electron chi connectivity index (χ4n) is 2.31. The van der Waals surface area contributed by atoms with Crippen LogP contribution in [0.4, 0.5) is 10.5 Å². The van der Waals surface area contributed by atoms with Gasteiger partial charge in [-0.3, -0.25) is 4.79 Å². The molecule has 1 unspecified atom stereocenters. The molecule has 1 fully saturated rings. The highest BCUT2D eigenvalue weighted by molar-refractivity contribution is 6.39. The summed E-state index contributed by atoms with van der Waals surface area (Å²) in [5.74, 6) is -0.912. The van der Waals surface area contributed by atoms with Crippen molar-refractivity contribution in [2.75, 3.05) is 11.9 Å². The van der Waals surface area contributed by atoms with Crippen LogP contribution in [-0.2, 0) is 4.79 Å². The highest BCUT2D eigenvalue weighted by atomic mass is 35.5. The van der Waals surface area contributed by atoms with Crippen molar-refractivity contribution in [1.82, 2.24) is 4.90 Å². The highest BCUT2D eigenvalue weighted by Gasteiger charge is 2.30. The van der Waals surface area contributed by atoms with Gasteiger partial charge in [-0.2, -0.15) is 0 Å². The summed E-state index contributed by atoms with van der Waals surface area (Å²) >= 11 is 12.0. The lowest BCUT2D eigenvalue weighted by Gasteiger charge is -2.24. The van der Waals surface area contributed by atoms with Crippen molar-refractivity contribution in [3.8, 4) is 0 Å². The van der Waals surface area contributed by atoms with E-state index < -0.39 is 5.97 Å². The predicted molar refractivity (Wildman–Crippen MR) is 77.5 cm³/mol. The lowest BCUT2D eigenvalue weighted by molar-refractivity contribution is -0.137. The van der Waals surface area contributed by atoms with Gasteiger partial charge >= 0.3 is 12.0 Å². The number of benzene rings is 1. The van der Waals surface area contributed by atoms with Crippen LogP contribution in [-0.4, -0.2) is 34.6 Å². The van der Waals surface area contributed by atoms with Crippen LogP contribution in [0.5, 0.6) is 0 Å². The van der Waals surface area contributed by atoms with Gasteiger partial charge in [0.25, 0.3) is 0 Å². The first-order chi connectivity index (χ1) is 9.49. The molecule has 0 spiro atoms. The van der Waals surface area contributed by atoms with Crippen molar-refractivity contribution in [1.29, 1.82) is 0 Å². The molecule has 2 N–H and O–H groups in total. The van der Waals surface area contributed by atoms with E-state index in [-0.39, 0.29) is 18.5 Å². The molecule has 1 aromatic rings. The van der Waals surface area contributed by atoms with Gasteiger partial charge in [-0.1, -0.05) is 29.3 Å². The quantitative estimate of drug-likeness (QED) is 0.897. The number of carbonyl (C=O) groups is 2. The van der Waals surface area contributed by atoms with Gasteiger partial charge in [-0.25, -0.2) is 4.79 Å². The summed E-state index contributed by atoms with van der Waals surface area (Å²) in [6.07, 6.45) is 1.43. The number of carboxylic acids is 1. The normalized spacial score (nSPS) is 18.1. The summed E-state index contributed by atoms with van der Waals surface area (Å²) in [5, 5.41) is 12.2. The number of amides is 2. The molecule has 0 aromatic heterocycles. The summed E-state index contributed by atoms with van der Waals surface area (Å²) in [5.41, 5.74) is 0.349. The predicted octanol–water partition coefficient (Wildman–Crippen LogP) is 3.46. The molecule has 2 rings (SSSR count). The molecule has 5 nitrogen and oxygen atoms in total. The van der Waals surface area contributed by atoms with E-state index in [1.54, 1.807) is 18.2 Å². The molecule has 0 bridgehead atoms. The van der Waals surface area contributed by atoms with Crippen LogP contribution in [0.3, 0.4) is 0 Å². The average Bonchev–Trinajstić information content (AvgIpc) is 2.81. The number of aliphatic carboxylic acids is 1. The van der Waals surface area contributed by atoms with E-state index in [0.29, 0.717) is 28.7 Å². The van der Waals surface area contributed by atoms with Gasteiger partial charge in [-0.15, -0.1) is 0 Å². The zero-order valence-corrected chi connectivity index (χ0v) is 12.1. The van der Waals surface area contributed by atoms with E-state index in [4.69, 9.17) is 28.3 Å². The van der Waals surface area contributed by atoms with Crippen LogP contribution < -0.4 is 5.32 Å². The largest absolute Gasteiger partial charge is 0.481 e. The number of anilines is 1. The number of nitrogens with zero attached hydrogens (tertiary/aromatic N) is 1. The second-order valence-electron chi connectivity index (χ2n) is 4.61. The molecule has 1 aliphatic rings. The zero-order chi connectivity index (χ0) is 14.7. The van der Waals surface area contributed by atoms with E-state index >= 15 is 0 Å². The van der Waals surface area contributed by atoms with Crippen molar-refractivity contribution < 1.29 is 14.7 Å². The Labute approximate surface area is 126 Å². The summed E-state index contributed by atoms with van der Waals surface area (Å²) in [6, 6.07) is 4.28. The fraction of sp³-hybridized carbons (Fsp3) is 0.385. The summed E-state index contributed by atoms with van der Waals surface area (Å²) in [6.45, 7) is 0.534. The smallest absolute Gasteiger partial charge is 0.322 e. The number of hydrogen-bond acceptors (Lipinski definition) is 2. The second kappa shape index (κ2) is 6.33. The standard InChI is InChI=1S/C13H14Cl2N2O3/c14-9-4-1-5-10(15)12(9)16-13(20)17-6-2-3-8(17)7-11(18)19/h1,4-5,8H,2-3,6-7H2,(H,16,20)(H,18,19). The highest BCUT2D eigenvalue weighted by Crippen LogP contribution is 2.31. The van der Waals surface area contributed by atoms with E-state index in [2.05, 4.69) is 5.32 Å². The van der Waals surface area contributed by atoms with Crippen molar-refractivity contribution >= 4 is 40.9 Å². The molecule has 0 radical (unpaired) electrons. The van der Waals surface area contributed by atoms with Crippen LogP contribution in [0, 0.1) is 0 Å². The van der Waals surface area contributed by atoms with E-state index in [9.17, 15) is 9.59 Å². The molecular formula is C13H14Cl2N2O3. The monoisotopic (exact) mass is 316 g/mol. The molecule has 1 atom stereocenters. The van der Waals surface area contributed by atoms with Gasteiger partial charge in [0.1, 0.15) is 0 Å². The molecule has 0 aliphatic carbocycles. The van der Waals surface area contributed by atoms with Gasteiger partial charge in [-0.05, 0) is 25.0 Å². The number of urea groups is 1. The Morgan fingerprint density at radius 2 is 2.00 bits per heavy atom. The Morgan fingerprint density at radius 1 is 1.35 bits per heavy atom. The third kappa shape index (κ3) is 3.35. The fourth-order valence-corrected chi connectivity index (χ4v) is 2.80. The van der Waals surface area contributed by atoms with Gasteiger partial charge in [0.2, 0.25) is 0 Å². The Kier molecular flexibility index (Phi) is 4.73. The van der Waals surface area contributed by atoms with Crippen molar-refractivity contribution in [3.05, 3.63) is 28.2 Å². The SMILES string of the molecule is O=C(O)CC1CCCN1C(=O)Nc1c(Cl)cccc1Cl. The molecule has 1 heterocycles. The maximum absolute atomic E-state index is 12.2. The minimum atomic E-state index is -0.912. The van der Waals surface area contributed by atoms with E-state index in [0.717, 1.165) is 6.42 Å². The summed E-state index contributed by atoms with van der Waals surface area (Å²) < 4.78 is 0. The molecule has 108 valence electrons. The Hall–Kier alpha value is -1.46. The molecule has 1 aliphatic heterocycles. The van der Waals surface area contributed by atoms with Crippen molar-refractivity contribution in [2.45, 2.75) is 25.3 Å². The van der Waals surface area contributed by atoms with Crippen LogP contribution in [0.2, 0.25) is 10.0 Å². The second-order valence-corrected chi connectivity index (χ2v) is 5.43. The first-order valence-corrected chi connectivity index (χ1v) is 6.98. The van der Waals surface area contributed by atoms with E-state index in [1.165, 1.54) is 4.90 Å². The molecule has 2 amide bonds. The zero-order valence-electron chi connectivity index (χ0n) is 10.6. The molecule has 0 saturated carbocycles. The lowest BCUT2D eigenvalue weighted by Crippen LogP contribution is -2.39. The number of carbonyl (C=O) groups excluding carboxylic acids is 1. The first-order valence-electron chi connectivity index (χ1n) is 6.22. The summed E-state index contributed by atoms with van der Waals surface area (Å²) in [4.78, 5) is 24.5. The van der Waals surface area contributed by atoms with Crippen LogP contribution >= 0.6 is 23.2 Å².